The van der Waals surface area contributed by atoms with Crippen molar-refractivity contribution in [2.45, 2.75) is 32.5 Å². The molecule has 0 bridgehead atoms. The van der Waals surface area contributed by atoms with Crippen LogP contribution >= 0.6 is 0 Å². The summed E-state index contributed by atoms with van der Waals surface area (Å²) in [4.78, 5) is 13.0. The summed E-state index contributed by atoms with van der Waals surface area (Å²) in [6.45, 7) is 2.81. The molecular formula is C31H26N2O2. The van der Waals surface area contributed by atoms with E-state index in [0.717, 1.165) is 36.1 Å². The van der Waals surface area contributed by atoms with Gasteiger partial charge in [-0.3, -0.25) is 4.79 Å². The fourth-order valence-electron chi connectivity index (χ4n) is 6.05. The van der Waals surface area contributed by atoms with Gasteiger partial charge < -0.3 is 14.6 Å². The fourth-order valence-corrected chi connectivity index (χ4v) is 6.05. The average molecular weight is 459 g/mol. The third kappa shape index (κ3) is 3.14. The molecule has 5 aromatic rings. The Hall–Kier alpha value is -3.89. The van der Waals surface area contributed by atoms with Gasteiger partial charge in [0.1, 0.15) is 0 Å². The molecule has 0 radical (unpaired) electrons. The predicted octanol–water partition coefficient (Wildman–Crippen LogP) is 6.22. The van der Waals surface area contributed by atoms with E-state index in [1.54, 1.807) is 0 Å². The molecule has 0 unspecified atom stereocenters. The highest BCUT2D eigenvalue weighted by Crippen LogP contribution is 2.48. The van der Waals surface area contributed by atoms with Gasteiger partial charge in [-0.05, 0) is 40.3 Å². The lowest BCUT2D eigenvalue weighted by atomic mass is 9.92. The molecule has 1 aliphatic carbocycles. The van der Waals surface area contributed by atoms with Crippen LogP contribution in [0.5, 0.6) is 0 Å². The normalized spacial score (nSPS) is 13.8. The first-order chi connectivity index (χ1) is 17.3. The van der Waals surface area contributed by atoms with Crippen LogP contribution in [-0.2, 0) is 30.9 Å². The van der Waals surface area contributed by atoms with E-state index in [0.29, 0.717) is 19.8 Å². The largest absolute Gasteiger partial charge is 0.377 e. The summed E-state index contributed by atoms with van der Waals surface area (Å²) in [6.07, 6.45) is 1.79. The molecule has 4 nitrogen and oxygen atoms in total. The van der Waals surface area contributed by atoms with Crippen molar-refractivity contribution in [2.24, 2.45) is 0 Å². The highest BCUT2D eigenvalue weighted by Gasteiger charge is 2.35. The third-order valence-electron chi connectivity index (χ3n) is 7.50. The number of carbonyl (C=O) groups is 1. The second-order valence-corrected chi connectivity index (χ2v) is 9.51. The summed E-state index contributed by atoms with van der Waals surface area (Å²) in [6, 6.07) is 27.5. The molecular weight excluding hydrogens is 432 g/mol. The minimum absolute atomic E-state index is 0.0565. The first-order valence-electron chi connectivity index (χ1n) is 12.4. The van der Waals surface area contributed by atoms with E-state index in [-0.39, 0.29) is 5.91 Å². The maximum absolute atomic E-state index is 13.0. The number of nitrogens with one attached hydrogen (secondary N) is 1. The molecule has 2 heterocycles. The van der Waals surface area contributed by atoms with E-state index >= 15 is 0 Å². The highest BCUT2D eigenvalue weighted by molar-refractivity contribution is 6.20. The number of hydrogen-bond donors (Lipinski definition) is 1. The number of benzene rings is 4. The molecule has 2 aliphatic rings. The van der Waals surface area contributed by atoms with Crippen molar-refractivity contribution < 1.29 is 9.53 Å². The van der Waals surface area contributed by atoms with Gasteiger partial charge in [0.15, 0.2) is 0 Å². The number of amides is 1. The lowest BCUT2D eigenvalue weighted by Crippen LogP contribution is -2.13. The molecule has 0 atom stereocenters. The number of ether oxygens (including phenoxy) is 1. The molecule has 7 rings (SSSR count). The van der Waals surface area contributed by atoms with Crippen molar-refractivity contribution in [3.8, 4) is 11.1 Å². The van der Waals surface area contributed by atoms with Crippen LogP contribution < -0.4 is 5.32 Å². The Kier molecular flexibility index (Phi) is 4.74. The Balaban J connectivity index is 1.33. The van der Waals surface area contributed by atoms with Crippen LogP contribution in [0.3, 0.4) is 0 Å². The highest BCUT2D eigenvalue weighted by atomic mass is 16.5. The molecule has 4 aromatic carbocycles. The van der Waals surface area contributed by atoms with Crippen LogP contribution in [0, 0.1) is 0 Å². The van der Waals surface area contributed by atoms with Crippen LogP contribution in [0.1, 0.15) is 39.0 Å². The molecule has 1 amide bonds. The van der Waals surface area contributed by atoms with Gasteiger partial charge in [0.05, 0.1) is 17.7 Å². The summed E-state index contributed by atoms with van der Waals surface area (Å²) in [5.41, 5.74) is 10.7. The number of rotatable bonds is 6. The fraction of sp³-hybridized carbons (Fsp3) is 0.194. The van der Waals surface area contributed by atoms with E-state index in [4.69, 9.17) is 4.74 Å². The van der Waals surface area contributed by atoms with Crippen molar-refractivity contribution >= 4 is 27.7 Å². The minimum Gasteiger partial charge on any atom is -0.377 e. The zero-order valence-electron chi connectivity index (χ0n) is 19.5. The van der Waals surface area contributed by atoms with E-state index in [1.807, 2.05) is 18.2 Å². The van der Waals surface area contributed by atoms with E-state index < -0.39 is 0 Å². The second kappa shape index (κ2) is 8.10. The lowest BCUT2D eigenvalue weighted by molar-refractivity contribution is 0.0966. The molecule has 0 saturated heterocycles. The van der Waals surface area contributed by atoms with Gasteiger partial charge in [-0.1, -0.05) is 72.8 Å². The van der Waals surface area contributed by atoms with Crippen LogP contribution in [-0.4, -0.2) is 17.1 Å². The number of carbonyl (C=O) groups excluding carboxylic acids is 1. The predicted molar refractivity (Wildman–Crippen MR) is 140 cm³/mol. The SMILES string of the molecule is O=C1NCc2c1c1c(c3c2c2ccccc2n3CCCOCc2ccccc2)Cc2ccccc2-1. The number of aryl methyl sites for hydroxylation is 1. The van der Waals surface area contributed by atoms with Crippen LogP contribution in [0.25, 0.3) is 32.9 Å². The number of hydrogen-bond acceptors (Lipinski definition) is 2. The van der Waals surface area contributed by atoms with Crippen molar-refractivity contribution in [2.75, 3.05) is 6.61 Å². The van der Waals surface area contributed by atoms with Gasteiger partial charge in [-0.2, -0.15) is 0 Å². The Bertz CT molecular complexity index is 1610. The zero-order valence-corrected chi connectivity index (χ0v) is 19.5. The van der Waals surface area contributed by atoms with Gasteiger partial charge in [0.2, 0.25) is 0 Å². The molecule has 1 aromatic heterocycles. The van der Waals surface area contributed by atoms with Gasteiger partial charge in [0, 0.05) is 48.0 Å². The summed E-state index contributed by atoms with van der Waals surface area (Å²) in [7, 11) is 0. The van der Waals surface area contributed by atoms with E-state index in [2.05, 4.69) is 70.5 Å². The maximum atomic E-state index is 13.0. The molecule has 0 spiro atoms. The van der Waals surface area contributed by atoms with E-state index in [1.165, 1.54) is 44.1 Å². The number of nitrogens with zero attached hydrogens (tertiary/aromatic N) is 1. The molecule has 1 aliphatic heterocycles. The smallest absolute Gasteiger partial charge is 0.252 e. The van der Waals surface area contributed by atoms with E-state index in [9.17, 15) is 4.79 Å². The number of para-hydroxylation sites is 1. The van der Waals surface area contributed by atoms with Crippen molar-refractivity contribution in [3.63, 3.8) is 0 Å². The molecule has 1 N–H and O–H groups in total. The average Bonchev–Trinajstić information content (AvgIpc) is 3.56. The van der Waals surface area contributed by atoms with Gasteiger partial charge in [-0.15, -0.1) is 0 Å². The van der Waals surface area contributed by atoms with Gasteiger partial charge >= 0.3 is 0 Å². The zero-order chi connectivity index (χ0) is 23.4. The monoisotopic (exact) mass is 458 g/mol. The first-order valence-corrected chi connectivity index (χ1v) is 12.4. The van der Waals surface area contributed by atoms with Crippen molar-refractivity contribution in [3.05, 3.63) is 107 Å². The van der Waals surface area contributed by atoms with Crippen LogP contribution in [0.15, 0.2) is 78.9 Å². The van der Waals surface area contributed by atoms with Gasteiger partial charge in [-0.25, -0.2) is 0 Å². The lowest BCUT2D eigenvalue weighted by Gasteiger charge is -2.14. The summed E-state index contributed by atoms with van der Waals surface area (Å²) < 4.78 is 8.48. The summed E-state index contributed by atoms with van der Waals surface area (Å²) in [5.74, 6) is 0.0565. The maximum Gasteiger partial charge on any atom is 0.252 e. The molecule has 0 saturated carbocycles. The van der Waals surface area contributed by atoms with Crippen LogP contribution in [0.2, 0.25) is 0 Å². The number of aromatic nitrogens is 1. The molecule has 35 heavy (non-hydrogen) atoms. The standard InChI is InChI=1S/C31H26N2O2/c34-31-29-25(18-32-31)28-23-13-6-7-14-26(23)33(15-8-16-35-19-20-9-2-1-3-10-20)30(28)24-17-21-11-4-5-12-22(21)27(24)29/h1-7,9-14H,8,15-19H2,(H,32,34). The Morgan fingerprint density at radius 1 is 0.857 bits per heavy atom. The summed E-state index contributed by atoms with van der Waals surface area (Å²) in [5, 5.41) is 5.60. The second-order valence-electron chi connectivity index (χ2n) is 9.51. The molecule has 0 fully saturated rings. The quantitative estimate of drug-likeness (QED) is 0.301. The molecule has 4 heteroatoms. The Morgan fingerprint density at radius 2 is 1.66 bits per heavy atom. The van der Waals surface area contributed by atoms with Gasteiger partial charge in [0.25, 0.3) is 5.91 Å². The van der Waals surface area contributed by atoms with Crippen molar-refractivity contribution in [1.82, 2.24) is 9.88 Å². The van der Waals surface area contributed by atoms with Crippen LogP contribution in [0.4, 0.5) is 0 Å². The van der Waals surface area contributed by atoms with Crippen molar-refractivity contribution in [1.29, 1.82) is 0 Å². The first kappa shape index (κ1) is 20.5. The summed E-state index contributed by atoms with van der Waals surface area (Å²) >= 11 is 0. The Morgan fingerprint density at radius 3 is 2.57 bits per heavy atom. The third-order valence-corrected chi connectivity index (χ3v) is 7.50. The minimum atomic E-state index is 0.0565. The topological polar surface area (TPSA) is 43.3 Å². The Labute approximate surface area is 204 Å². The number of fused-ring (bicyclic) bond motifs is 10. The molecule has 172 valence electrons.